The molecule has 0 amide bonds. The van der Waals surface area contributed by atoms with Crippen LogP contribution in [0.2, 0.25) is 0 Å². The first-order valence-electron chi connectivity index (χ1n) is 7.21. The van der Waals surface area contributed by atoms with E-state index in [4.69, 9.17) is 9.47 Å². The minimum Gasteiger partial charge on any atom is -0.467 e. The molecular formula is C14H14N6O4S2. The van der Waals surface area contributed by atoms with Gasteiger partial charge in [-0.25, -0.2) is 23.1 Å². The zero-order valence-electron chi connectivity index (χ0n) is 13.8. The van der Waals surface area contributed by atoms with E-state index in [0.29, 0.717) is 22.8 Å². The lowest BCUT2D eigenvalue weighted by Gasteiger charge is -2.11. The SMILES string of the molecule is CNS(=O)(=O)c1ncc(-c2ccc(-c3ncsn3)cc2OCOC)nn1. The first kappa shape index (κ1) is 18.3. The molecular weight excluding hydrogens is 380 g/mol. The predicted molar refractivity (Wildman–Crippen MR) is 92.9 cm³/mol. The molecule has 0 unspecified atom stereocenters. The highest BCUT2D eigenvalue weighted by molar-refractivity contribution is 7.89. The normalized spacial score (nSPS) is 11.5. The predicted octanol–water partition coefficient (Wildman–Crippen LogP) is 0.948. The Bertz CT molecular complexity index is 977. The van der Waals surface area contributed by atoms with Crippen molar-refractivity contribution < 1.29 is 17.9 Å². The van der Waals surface area contributed by atoms with Gasteiger partial charge in [0, 0.05) is 18.2 Å². The summed E-state index contributed by atoms with van der Waals surface area (Å²) in [6, 6.07) is 5.30. The van der Waals surface area contributed by atoms with Crippen LogP contribution in [0.1, 0.15) is 0 Å². The quantitative estimate of drug-likeness (QED) is 0.582. The molecule has 12 heteroatoms. The van der Waals surface area contributed by atoms with Gasteiger partial charge in [-0.15, -0.1) is 10.2 Å². The molecule has 0 fully saturated rings. The lowest BCUT2D eigenvalue weighted by Crippen LogP contribution is -2.21. The van der Waals surface area contributed by atoms with Gasteiger partial charge in [-0.3, -0.25) is 0 Å². The van der Waals surface area contributed by atoms with E-state index in [0.717, 1.165) is 5.56 Å². The maximum absolute atomic E-state index is 11.7. The van der Waals surface area contributed by atoms with Crippen LogP contribution in [0.15, 0.2) is 35.1 Å². The van der Waals surface area contributed by atoms with Crippen molar-refractivity contribution in [2.75, 3.05) is 21.0 Å². The zero-order chi connectivity index (χ0) is 18.6. The number of hydrogen-bond donors (Lipinski definition) is 1. The third-order valence-electron chi connectivity index (χ3n) is 3.26. The van der Waals surface area contributed by atoms with Crippen molar-refractivity contribution in [3.05, 3.63) is 29.9 Å². The molecule has 0 aliphatic rings. The van der Waals surface area contributed by atoms with Crippen molar-refractivity contribution in [1.29, 1.82) is 0 Å². The Labute approximate surface area is 153 Å². The summed E-state index contributed by atoms with van der Waals surface area (Å²) in [5.74, 6) is 1.03. The van der Waals surface area contributed by atoms with Crippen molar-refractivity contribution in [1.82, 2.24) is 29.3 Å². The Morgan fingerprint density at radius 3 is 2.69 bits per heavy atom. The number of rotatable bonds is 7. The van der Waals surface area contributed by atoms with Crippen molar-refractivity contribution >= 4 is 21.6 Å². The van der Waals surface area contributed by atoms with E-state index in [-0.39, 0.29) is 6.79 Å². The summed E-state index contributed by atoms with van der Waals surface area (Å²) in [5.41, 5.74) is 3.32. The molecule has 10 nitrogen and oxygen atoms in total. The molecule has 136 valence electrons. The summed E-state index contributed by atoms with van der Waals surface area (Å²) in [5, 5.41) is 7.20. The van der Waals surface area contributed by atoms with Gasteiger partial charge in [-0.2, -0.15) is 4.37 Å². The minimum atomic E-state index is -3.76. The van der Waals surface area contributed by atoms with E-state index < -0.39 is 15.2 Å². The van der Waals surface area contributed by atoms with Crippen LogP contribution in [-0.4, -0.2) is 53.9 Å². The first-order chi connectivity index (χ1) is 12.5. The summed E-state index contributed by atoms with van der Waals surface area (Å²) in [6.45, 7) is 0.0218. The van der Waals surface area contributed by atoms with Crippen LogP contribution in [0.25, 0.3) is 22.6 Å². The number of benzene rings is 1. The summed E-state index contributed by atoms with van der Waals surface area (Å²) >= 11 is 1.24. The number of aromatic nitrogens is 5. The van der Waals surface area contributed by atoms with Gasteiger partial charge in [0.1, 0.15) is 17.0 Å². The van der Waals surface area contributed by atoms with Crippen molar-refractivity contribution in [3.63, 3.8) is 0 Å². The molecule has 0 aliphatic carbocycles. The van der Waals surface area contributed by atoms with Crippen LogP contribution >= 0.6 is 11.5 Å². The van der Waals surface area contributed by atoms with Crippen LogP contribution < -0.4 is 9.46 Å². The van der Waals surface area contributed by atoms with Crippen molar-refractivity contribution in [3.8, 4) is 28.4 Å². The molecule has 0 atom stereocenters. The average Bonchev–Trinajstić information content (AvgIpc) is 3.21. The Balaban J connectivity index is 2.00. The highest BCUT2D eigenvalue weighted by atomic mass is 32.2. The van der Waals surface area contributed by atoms with Gasteiger partial charge < -0.3 is 9.47 Å². The molecule has 0 bridgehead atoms. The van der Waals surface area contributed by atoms with Crippen LogP contribution in [0.3, 0.4) is 0 Å². The third-order valence-corrected chi connectivity index (χ3v) is 4.94. The lowest BCUT2D eigenvalue weighted by molar-refractivity contribution is 0.0515. The van der Waals surface area contributed by atoms with E-state index in [1.807, 2.05) is 0 Å². The first-order valence-corrected chi connectivity index (χ1v) is 9.53. The summed E-state index contributed by atoms with van der Waals surface area (Å²) < 4.78 is 40.3. The molecule has 3 aromatic rings. The zero-order valence-corrected chi connectivity index (χ0v) is 15.4. The Morgan fingerprint density at radius 1 is 1.23 bits per heavy atom. The van der Waals surface area contributed by atoms with Gasteiger partial charge in [0.05, 0.1) is 6.20 Å². The molecule has 0 spiro atoms. The van der Waals surface area contributed by atoms with Crippen molar-refractivity contribution in [2.24, 2.45) is 0 Å². The smallest absolute Gasteiger partial charge is 0.282 e. The lowest BCUT2D eigenvalue weighted by atomic mass is 10.1. The fraction of sp³-hybridized carbons (Fsp3) is 0.214. The number of ether oxygens (including phenoxy) is 2. The molecule has 2 aromatic heterocycles. The van der Waals surface area contributed by atoms with Gasteiger partial charge in [0.2, 0.25) is 0 Å². The van der Waals surface area contributed by atoms with E-state index in [1.54, 1.807) is 23.7 Å². The van der Waals surface area contributed by atoms with Crippen molar-refractivity contribution in [2.45, 2.75) is 5.16 Å². The number of nitrogens with one attached hydrogen (secondary N) is 1. The summed E-state index contributed by atoms with van der Waals surface area (Å²) in [7, 11) is -0.983. The molecule has 26 heavy (non-hydrogen) atoms. The second-order valence-corrected chi connectivity index (χ2v) is 7.23. The minimum absolute atomic E-state index is 0.0218. The second-order valence-electron chi connectivity index (χ2n) is 4.85. The largest absolute Gasteiger partial charge is 0.467 e. The molecule has 3 rings (SSSR count). The van der Waals surface area contributed by atoms with Gasteiger partial charge in [0.15, 0.2) is 12.6 Å². The molecule has 0 radical (unpaired) electrons. The summed E-state index contributed by atoms with van der Waals surface area (Å²) in [6.07, 6.45) is 1.31. The molecule has 2 heterocycles. The van der Waals surface area contributed by atoms with Gasteiger partial charge in [-0.05, 0) is 30.7 Å². The highest BCUT2D eigenvalue weighted by Gasteiger charge is 2.18. The number of nitrogens with zero attached hydrogens (tertiary/aromatic N) is 5. The summed E-state index contributed by atoms with van der Waals surface area (Å²) in [4.78, 5) is 8.02. The third kappa shape index (κ3) is 3.83. The standard InChI is InChI=1S/C14H14N6O4S2/c1-15-26(21,22)14-16-6-11(18-19-14)10-4-3-9(13-17-7-25-20-13)5-12(10)24-8-23-2/h3-7,15H,8H2,1-2H3. The molecule has 1 N–H and O–H groups in total. The van der Waals surface area contributed by atoms with E-state index in [9.17, 15) is 8.42 Å². The number of sulfonamides is 1. The maximum Gasteiger partial charge on any atom is 0.282 e. The Kier molecular flexibility index (Phi) is 5.46. The van der Waals surface area contributed by atoms with Crippen LogP contribution in [0.4, 0.5) is 0 Å². The highest BCUT2D eigenvalue weighted by Crippen LogP contribution is 2.32. The molecule has 0 saturated carbocycles. The fourth-order valence-electron chi connectivity index (χ4n) is 2.02. The van der Waals surface area contributed by atoms with Gasteiger partial charge in [-0.1, -0.05) is 6.07 Å². The molecule has 0 saturated heterocycles. The Hall–Kier alpha value is -2.54. The van der Waals surface area contributed by atoms with Crippen LogP contribution in [-0.2, 0) is 14.8 Å². The number of hydrogen-bond acceptors (Lipinski definition) is 10. The maximum atomic E-state index is 11.7. The van der Waals surface area contributed by atoms with Gasteiger partial charge in [0.25, 0.3) is 15.2 Å². The Morgan fingerprint density at radius 2 is 2.08 bits per heavy atom. The van der Waals surface area contributed by atoms with E-state index in [2.05, 4.69) is 29.3 Å². The van der Waals surface area contributed by atoms with Crippen LogP contribution in [0, 0.1) is 0 Å². The molecule has 0 aliphatic heterocycles. The van der Waals surface area contributed by atoms with Crippen LogP contribution in [0.5, 0.6) is 5.75 Å². The fourth-order valence-corrected chi connectivity index (χ4v) is 2.98. The second kappa shape index (κ2) is 7.78. The topological polar surface area (TPSA) is 129 Å². The average molecular weight is 394 g/mol. The van der Waals surface area contributed by atoms with E-state index >= 15 is 0 Å². The van der Waals surface area contributed by atoms with Gasteiger partial charge >= 0.3 is 0 Å². The number of methoxy groups -OCH3 is 1. The monoisotopic (exact) mass is 394 g/mol. The van der Waals surface area contributed by atoms with E-state index in [1.165, 1.54) is 31.9 Å². The molecule has 1 aromatic carbocycles.